The first kappa shape index (κ1) is 20.8. The van der Waals surface area contributed by atoms with Crippen molar-refractivity contribution in [1.82, 2.24) is 14.5 Å². The molecule has 146 valence electrons. The Morgan fingerprint density at radius 2 is 2.04 bits per heavy atom. The number of benzene rings is 1. The fraction of sp³-hybridized carbons (Fsp3) is 0.562. The lowest BCUT2D eigenvalue weighted by atomic mass is 10.3. The van der Waals surface area contributed by atoms with E-state index in [4.69, 9.17) is 21.7 Å². The summed E-state index contributed by atoms with van der Waals surface area (Å²) in [5, 5.41) is 6.60. The lowest BCUT2D eigenvalue weighted by Crippen LogP contribution is -2.42. The summed E-state index contributed by atoms with van der Waals surface area (Å²) in [6.07, 6.45) is 0. The fourth-order valence-electron chi connectivity index (χ4n) is 2.48. The quantitative estimate of drug-likeness (QED) is 0.641. The Bertz CT molecular complexity index is 719. The van der Waals surface area contributed by atoms with Gasteiger partial charge in [-0.15, -0.1) is 0 Å². The van der Waals surface area contributed by atoms with E-state index < -0.39 is 10.0 Å². The minimum atomic E-state index is -3.62. The standard InChI is InChI=1S/C16H26N4O4S2/c1-19(2)26(21,22)15-12-13(4-5-14(15)23-3)18-16(25)17-6-7-20-8-10-24-11-9-20/h4-5,12H,6-11H2,1-3H3,(H2,17,18,25). The molecular formula is C16H26N4O4S2. The van der Waals surface area contributed by atoms with Crippen LogP contribution in [-0.2, 0) is 14.8 Å². The molecular weight excluding hydrogens is 376 g/mol. The number of sulfonamides is 1. The van der Waals surface area contributed by atoms with Crippen LogP contribution in [0.3, 0.4) is 0 Å². The molecule has 10 heteroatoms. The van der Waals surface area contributed by atoms with Gasteiger partial charge in [-0.25, -0.2) is 12.7 Å². The van der Waals surface area contributed by atoms with Crippen LogP contribution in [0.25, 0.3) is 0 Å². The van der Waals surface area contributed by atoms with Crippen LogP contribution in [0.5, 0.6) is 5.75 Å². The van der Waals surface area contributed by atoms with Crippen molar-refractivity contribution >= 4 is 33.0 Å². The highest BCUT2D eigenvalue weighted by Gasteiger charge is 2.22. The number of methoxy groups -OCH3 is 1. The Morgan fingerprint density at radius 3 is 2.65 bits per heavy atom. The molecule has 0 aliphatic carbocycles. The van der Waals surface area contributed by atoms with Gasteiger partial charge in [0, 0.05) is 46.0 Å². The summed E-state index contributed by atoms with van der Waals surface area (Å²) < 4.78 is 36.5. The molecule has 2 rings (SSSR count). The SMILES string of the molecule is COc1ccc(NC(=S)NCCN2CCOCC2)cc1S(=O)(=O)N(C)C. The number of thiocarbonyl (C=S) groups is 1. The van der Waals surface area contributed by atoms with Crippen molar-refractivity contribution in [2.24, 2.45) is 0 Å². The van der Waals surface area contributed by atoms with E-state index >= 15 is 0 Å². The zero-order chi connectivity index (χ0) is 19.2. The molecule has 1 aromatic rings. The van der Waals surface area contributed by atoms with Gasteiger partial charge in [-0.3, -0.25) is 4.90 Å². The number of ether oxygens (including phenoxy) is 2. The van der Waals surface area contributed by atoms with Gasteiger partial charge in [0.1, 0.15) is 10.6 Å². The molecule has 1 aliphatic rings. The van der Waals surface area contributed by atoms with E-state index in [2.05, 4.69) is 15.5 Å². The molecule has 0 radical (unpaired) electrons. The molecule has 26 heavy (non-hydrogen) atoms. The second-order valence-electron chi connectivity index (χ2n) is 5.99. The minimum absolute atomic E-state index is 0.0890. The average molecular weight is 403 g/mol. The van der Waals surface area contributed by atoms with Crippen LogP contribution in [0, 0.1) is 0 Å². The van der Waals surface area contributed by atoms with E-state index in [0.717, 1.165) is 37.2 Å². The normalized spacial score (nSPS) is 15.7. The van der Waals surface area contributed by atoms with E-state index in [1.807, 2.05) is 0 Å². The van der Waals surface area contributed by atoms with Crippen LogP contribution in [-0.4, -0.2) is 83.3 Å². The topological polar surface area (TPSA) is 83.1 Å². The Labute approximate surface area is 160 Å². The molecule has 0 amide bonds. The largest absolute Gasteiger partial charge is 0.495 e. The van der Waals surface area contributed by atoms with Crippen molar-refractivity contribution in [2.75, 3.05) is 65.9 Å². The second kappa shape index (κ2) is 9.47. The molecule has 1 saturated heterocycles. The van der Waals surface area contributed by atoms with Gasteiger partial charge in [0.2, 0.25) is 10.0 Å². The summed E-state index contributed by atoms with van der Waals surface area (Å²) in [5.74, 6) is 0.287. The number of hydrogen-bond donors (Lipinski definition) is 2. The van der Waals surface area contributed by atoms with E-state index in [-0.39, 0.29) is 10.6 Å². The lowest BCUT2D eigenvalue weighted by Gasteiger charge is -2.26. The van der Waals surface area contributed by atoms with E-state index in [1.54, 1.807) is 12.1 Å². The summed E-state index contributed by atoms with van der Waals surface area (Å²) in [6, 6.07) is 4.85. The van der Waals surface area contributed by atoms with Gasteiger partial charge in [-0.05, 0) is 30.4 Å². The molecule has 1 aliphatic heterocycles. The lowest BCUT2D eigenvalue weighted by molar-refractivity contribution is 0.0389. The van der Waals surface area contributed by atoms with Crippen LogP contribution in [0.2, 0.25) is 0 Å². The maximum Gasteiger partial charge on any atom is 0.246 e. The third-order valence-electron chi connectivity index (χ3n) is 4.00. The van der Waals surface area contributed by atoms with Crippen molar-refractivity contribution in [2.45, 2.75) is 4.90 Å². The van der Waals surface area contributed by atoms with E-state index in [9.17, 15) is 8.42 Å². The highest BCUT2D eigenvalue weighted by molar-refractivity contribution is 7.89. The predicted molar refractivity (Wildman–Crippen MR) is 105 cm³/mol. The first-order valence-corrected chi connectivity index (χ1v) is 10.1. The smallest absolute Gasteiger partial charge is 0.246 e. The third-order valence-corrected chi connectivity index (χ3v) is 6.08. The molecule has 0 atom stereocenters. The molecule has 1 fully saturated rings. The monoisotopic (exact) mass is 402 g/mol. The van der Waals surface area contributed by atoms with Gasteiger partial charge in [0.25, 0.3) is 0 Å². The van der Waals surface area contributed by atoms with Gasteiger partial charge in [0.05, 0.1) is 20.3 Å². The zero-order valence-electron chi connectivity index (χ0n) is 15.3. The summed E-state index contributed by atoms with van der Waals surface area (Å²) in [7, 11) is 0.774. The van der Waals surface area contributed by atoms with Gasteiger partial charge in [0.15, 0.2) is 5.11 Å². The predicted octanol–water partition coefficient (Wildman–Crippen LogP) is 0.564. The Hall–Kier alpha value is -1.46. The summed E-state index contributed by atoms with van der Waals surface area (Å²) in [5.41, 5.74) is 0.579. The van der Waals surface area contributed by atoms with Crippen molar-refractivity contribution < 1.29 is 17.9 Å². The van der Waals surface area contributed by atoms with E-state index in [0.29, 0.717) is 17.3 Å². The Morgan fingerprint density at radius 1 is 1.35 bits per heavy atom. The van der Waals surface area contributed by atoms with Crippen molar-refractivity contribution in [3.05, 3.63) is 18.2 Å². The number of nitrogens with zero attached hydrogens (tertiary/aromatic N) is 2. The number of hydrogen-bond acceptors (Lipinski definition) is 6. The zero-order valence-corrected chi connectivity index (χ0v) is 17.0. The summed E-state index contributed by atoms with van der Waals surface area (Å²) in [6.45, 7) is 4.94. The summed E-state index contributed by atoms with van der Waals surface area (Å²) >= 11 is 5.30. The minimum Gasteiger partial charge on any atom is -0.495 e. The van der Waals surface area contributed by atoms with Crippen molar-refractivity contribution in [1.29, 1.82) is 0 Å². The highest BCUT2D eigenvalue weighted by Crippen LogP contribution is 2.28. The molecule has 8 nitrogen and oxygen atoms in total. The Kier molecular flexibility index (Phi) is 7.59. The van der Waals surface area contributed by atoms with Crippen LogP contribution >= 0.6 is 12.2 Å². The molecule has 0 bridgehead atoms. The first-order chi connectivity index (χ1) is 12.3. The van der Waals surface area contributed by atoms with Crippen LogP contribution < -0.4 is 15.4 Å². The highest BCUT2D eigenvalue weighted by atomic mass is 32.2. The Balaban J connectivity index is 1.97. The number of anilines is 1. The molecule has 0 spiro atoms. The van der Waals surface area contributed by atoms with Gasteiger partial charge in [-0.2, -0.15) is 0 Å². The van der Waals surface area contributed by atoms with Crippen molar-refractivity contribution in [3.8, 4) is 5.75 Å². The molecule has 0 aromatic heterocycles. The van der Waals surface area contributed by atoms with Gasteiger partial charge >= 0.3 is 0 Å². The van der Waals surface area contributed by atoms with Gasteiger partial charge < -0.3 is 20.1 Å². The number of morpholine rings is 1. The van der Waals surface area contributed by atoms with Crippen LogP contribution in [0.1, 0.15) is 0 Å². The fourth-order valence-corrected chi connectivity index (χ4v) is 3.78. The van der Waals surface area contributed by atoms with E-state index in [1.165, 1.54) is 27.3 Å². The maximum absolute atomic E-state index is 12.5. The van der Waals surface area contributed by atoms with Gasteiger partial charge in [-0.1, -0.05) is 0 Å². The third kappa shape index (κ3) is 5.52. The average Bonchev–Trinajstić information content (AvgIpc) is 2.62. The molecule has 0 unspecified atom stereocenters. The van der Waals surface area contributed by atoms with Crippen molar-refractivity contribution in [3.63, 3.8) is 0 Å². The molecule has 2 N–H and O–H groups in total. The molecule has 1 heterocycles. The second-order valence-corrected chi connectivity index (χ2v) is 8.52. The van der Waals surface area contributed by atoms with Crippen LogP contribution in [0.15, 0.2) is 23.1 Å². The number of rotatable bonds is 7. The molecule has 0 saturated carbocycles. The molecule has 1 aromatic carbocycles. The summed E-state index contributed by atoms with van der Waals surface area (Å²) in [4.78, 5) is 2.39. The van der Waals surface area contributed by atoms with Crippen LogP contribution in [0.4, 0.5) is 5.69 Å². The number of nitrogens with one attached hydrogen (secondary N) is 2. The first-order valence-electron chi connectivity index (χ1n) is 8.30. The maximum atomic E-state index is 12.5.